The molecule has 6 heteroatoms. The molecule has 1 N–H and O–H groups in total. The Morgan fingerprint density at radius 1 is 0.844 bits per heavy atom. The number of rotatable bonds is 6. The number of nitrogens with zero attached hydrogens (tertiary/aromatic N) is 2. The van der Waals surface area contributed by atoms with E-state index in [-0.39, 0.29) is 12.5 Å². The Hall–Kier alpha value is -3.77. The molecular weight excluding hydrogens is 418 g/mol. The van der Waals surface area contributed by atoms with E-state index in [1.165, 1.54) is 16.2 Å². The molecule has 1 fully saturated rings. The minimum Gasteiger partial charge on any atom is -0.319 e. The molecule has 1 atom stereocenters. The summed E-state index contributed by atoms with van der Waals surface area (Å²) < 4.78 is 0. The first-order valence-electron chi connectivity index (χ1n) is 10.4. The van der Waals surface area contributed by atoms with Crippen LogP contribution < -0.4 is 5.32 Å². The van der Waals surface area contributed by atoms with Crippen molar-refractivity contribution in [2.45, 2.75) is 18.5 Å². The Labute approximate surface area is 190 Å². The van der Waals surface area contributed by atoms with E-state index in [4.69, 9.17) is 0 Å². The zero-order valence-corrected chi connectivity index (χ0v) is 18.1. The molecule has 3 amide bonds. The molecule has 2 heterocycles. The standard InChI is InChI=1S/C26H21N3O2S/c30-24-26(21-14-8-3-9-15-21,16-19-10-4-1-5-11-19)28-25(31)29(24)17-22-18-32-23(27-22)20-12-6-2-7-13-20/h1-15,18H,16-17H2,(H,28,31)/t26-/m1/s1. The van der Waals surface area contributed by atoms with Crippen molar-refractivity contribution >= 4 is 23.3 Å². The van der Waals surface area contributed by atoms with Crippen LogP contribution in [0.4, 0.5) is 4.79 Å². The first-order chi connectivity index (χ1) is 15.7. The zero-order chi connectivity index (χ0) is 22.0. The Bertz CT molecular complexity index is 1240. The molecule has 4 aromatic rings. The number of aromatic nitrogens is 1. The summed E-state index contributed by atoms with van der Waals surface area (Å²) in [5, 5.41) is 5.78. The van der Waals surface area contributed by atoms with Crippen molar-refractivity contribution in [3.05, 3.63) is 113 Å². The van der Waals surface area contributed by atoms with E-state index in [0.29, 0.717) is 12.1 Å². The maximum atomic E-state index is 13.7. The Morgan fingerprint density at radius 2 is 1.47 bits per heavy atom. The molecule has 0 spiro atoms. The van der Waals surface area contributed by atoms with Gasteiger partial charge >= 0.3 is 6.03 Å². The second kappa shape index (κ2) is 8.40. The second-order valence-electron chi connectivity index (χ2n) is 7.77. The summed E-state index contributed by atoms with van der Waals surface area (Å²) in [5.74, 6) is -0.258. The van der Waals surface area contributed by atoms with Crippen LogP contribution in [-0.4, -0.2) is 21.8 Å². The van der Waals surface area contributed by atoms with Crippen molar-refractivity contribution in [3.8, 4) is 10.6 Å². The highest BCUT2D eigenvalue weighted by Crippen LogP contribution is 2.34. The molecule has 1 aromatic heterocycles. The largest absolute Gasteiger partial charge is 0.325 e. The molecule has 0 radical (unpaired) electrons. The van der Waals surface area contributed by atoms with Gasteiger partial charge in [-0.05, 0) is 11.1 Å². The van der Waals surface area contributed by atoms with E-state index < -0.39 is 11.6 Å². The lowest BCUT2D eigenvalue weighted by atomic mass is 9.83. The van der Waals surface area contributed by atoms with Gasteiger partial charge in [0, 0.05) is 17.4 Å². The van der Waals surface area contributed by atoms with E-state index in [9.17, 15) is 9.59 Å². The number of nitrogens with one attached hydrogen (secondary N) is 1. The number of hydrogen-bond acceptors (Lipinski definition) is 4. The van der Waals surface area contributed by atoms with Gasteiger partial charge < -0.3 is 5.32 Å². The SMILES string of the molecule is O=C1N[C@](Cc2ccccc2)(c2ccccc2)C(=O)N1Cc1csc(-c2ccccc2)n1. The average molecular weight is 440 g/mol. The Morgan fingerprint density at radius 3 is 2.16 bits per heavy atom. The lowest BCUT2D eigenvalue weighted by Gasteiger charge is -2.27. The van der Waals surface area contributed by atoms with Crippen LogP contribution in [-0.2, 0) is 23.3 Å². The van der Waals surface area contributed by atoms with E-state index in [1.54, 1.807) is 0 Å². The molecule has 0 bridgehead atoms. The zero-order valence-electron chi connectivity index (χ0n) is 17.3. The van der Waals surface area contributed by atoms with E-state index in [0.717, 1.165) is 21.7 Å². The van der Waals surface area contributed by atoms with E-state index >= 15 is 0 Å². The predicted octanol–water partition coefficient (Wildman–Crippen LogP) is 5.00. The maximum Gasteiger partial charge on any atom is 0.325 e. The van der Waals surface area contributed by atoms with Gasteiger partial charge in [0.15, 0.2) is 5.54 Å². The molecule has 32 heavy (non-hydrogen) atoms. The van der Waals surface area contributed by atoms with Gasteiger partial charge in [0.1, 0.15) is 5.01 Å². The smallest absolute Gasteiger partial charge is 0.319 e. The fourth-order valence-corrected chi connectivity index (χ4v) is 4.88. The molecule has 1 saturated heterocycles. The number of urea groups is 1. The summed E-state index contributed by atoms with van der Waals surface area (Å²) in [6.07, 6.45) is 0.380. The first-order valence-corrected chi connectivity index (χ1v) is 11.3. The van der Waals surface area contributed by atoms with Gasteiger partial charge in [-0.2, -0.15) is 0 Å². The highest BCUT2D eigenvalue weighted by molar-refractivity contribution is 7.13. The first kappa shape index (κ1) is 20.2. The van der Waals surface area contributed by atoms with Crippen LogP contribution in [0, 0.1) is 0 Å². The molecule has 1 aliphatic heterocycles. The Kier molecular flexibility index (Phi) is 5.29. The van der Waals surface area contributed by atoms with Crippen LogP contribution >= 0.6 is 11.3 Å². The third-order valence-electron chi connectivity index (χ3n) is 5.65. The molecule has 0 aliphatic carbocycles. The van der Waals surface area contributed by atoms with Gasteiger partial charge in [0.2, 0.25) is 0 Å². The fourth-order valence-electron chi connectivity index (χ4n) is 4.07. The molecule has 158 valence electrons. The topological polar surface area (TPSA) is 62.3 Å². The monoisotopic (exact) mass is 439 g/mol. The van der Waals surface area contributed by atoms with Crippen molar-refractivity contribution in [3.63, 3.8) is 0 Å². The quantitative estimate of drug-likeness (QED) is 0.430. The summed E-state index contributed by atoms with van der Waals surface area (Å²) in [5.41, 5.74) is 2.32. The molecule has 0 saturated carbocycles. The van der Waals surface area contributed by atoms with Crippen molar-refractivity contribution in [1.29, 1.82) is 0 Å². The molecule has 5 rings (SSSR count). The fraction of sp³-hybridized carbons (Fsp3) is 0.115. The van der Waals surface area contributed by atoms with Crippen LogP contribution in [0.15, 0.2) is 96.4 Å². The summed E-state index contributed by atoms with van der Waals surface area (Å²) in [6.45, 7) is 0.136. The van der Waals surface area contributed by atoms with Crippen molar-refractivity contribution in [2.24, 2.45) is 0 Å². The van der Waals surface area contributed by atoms with Crippen molar-refractivity contribution < 1.29 is 9.59 Å². The summed E-state index contributed by atoms with van der Waals surface area (Å²) in [6, 6.07) is 28.7. The number of hydrogen-bond donors (Lipinski definition) is 1. The number of imide groups is 1. The number of carbonyl (C=O) groups is 2. The third-order valence-corrected chi connectivity index (χ3v) is 6.59. The van der Waals surface area contributed by atoms with Gasteiger partial charge in [-0.3, -0.25) is 9.69 Å². The van der Waals surface area contributed by atoms with Gasteiger partial charge in [0.25, 0.3) is 5.91 Å². The second-order valence-corrected chi connectivity index (χ2v) is 8.62. The molecule has 1 aliphatic rings. The maximum absolute atomic E-state index is 13.7. The van der Waals surface area contributed by atoms with Gasteiger partial charge in [0.05, 0.1) is 12.2 Å². The van der Waals surface area contributed by atoms with Crippen LogP contribution in [0.3, 0.4) is 0 Å². The molecule has 0 unspecified atom stereocenters. The number of amides is 3. The summed E-state index contributed by atoms with van der Waals surface area (Å²) in [7, 11) is 0. The van der Waals surface area contributed by atoms with Gasteiger partial charge in [-0.1, -0.05) is 91.0 Å². The van der Waals surface area contributed by atoms with Crippen molar-refractivity contribution in [1.82, 2.24) is 15.2 Å². The van der Waals surface area contributed by atoms with Crippen LogP contribution in [0.1, 0.15) is 16.8 Å². The highest BCUT2D eigenvalue weighted by Gasteiger charge is 2.52. The molecule has 5 nitrogen and oxygen atoms in total. The van der Waals surface area contributed by atoms with Crippen LogP contribution in [0.5, 0.6) is 0 Å². The van der Waals surface area contributed by atoms with Crippen LogP contribution in [0.2, 0.25) is 0 Å². The lowest BCUT2D eigenvalue weighted by Crippen LogP contribution is -2.46. The Balaban J connectivity index is 1.46. The summed E-state index contributed by atoms with van der Waals surface area (Å²) in [4.78, 5) is 32.7. The molecular formula is C26H21N3O2S. The minimum atomic E-state index is -1.14. The number of benzene rings is 3. The van der Waals surface area contributed by atoms with Gasteiger partial charge in [-0.15, -0.1) is 11.3 Å². The lowest BCUT2D eigenvalue weighted by molar-refractivity contribution is -0.132. The van der Waals surface area contributed by atoms with E-state index in [2.05, 4.69) is 10.3 Å². The average Bonchev–Trinajstić information content (AvgIpc) is 3.40. The van der Waals surface area contributed by atoms with Crippen molar-refractivity contribution in [2.75, 3.05) is 0 Å². The number of carbonyl (C=O) groups excluding carboxylic acids is 2. The van der Waals surface area contributed by atoms with E-state index in [1.807, 2.05) is 96.4 Å². The highest BCUT2D eigenvalue weighted by atomic mass is 32.1. The minimum absolute atomic E-state index is 0.136. The number of thiazole rings is 1. The predicted molar refractivity (Wildman–Crippen MR) is 125 cm³/mol. The van der Waals surface area contributed by atoms with Gasteiger partial charge in [-0.25, -0.2) is 9.78 Å². The summed E-state index contributed by atoms with van der Waals surface area (Å²) >= 11 is 1.51. The normalized spacial score (nSPS) is 18.1. The molecule has 3 aromatic carbocycles. The third kappa shape index (κ3) is 3.69. The van der Waals surface area contributed by atoms with Crippen LogP contribution in [0.25, 0.3) is 10.6 Å².